The fourth-order valence-electron chi connectivity index (χ4n) is 9.57. The van der Waals surface area contributed by atoms with Crippen LogP contribution in [0.1, 0.15) is 18.2 Å². The Hall–Kier alpha value is -8.56. The van der Waals surface area contributed by atoms with Crippen LogP contribution in [-0.2, 0) is 0 Å². The Balaban J connectivity index is 1.00. The molecule has 0 radical (unpaired) electrons. The van der Waals surface area contributed by atoms with Gasteiger partial charge in [-0.1, -0.05) is 72.8 Å². The molecule has 9 nitrogen and oxygen atoms in total. The summed E-state index contributed by atoms with van der Waals surface area (Å²) >= 11 is 0. The third-order valence-electron chi connectivity index (χ3n) is 12.3. The molecule has 1 aliphatic rings. The van der Waals surface area contributed by atoms with E-state index in [-0.39, 0.29) is 6.17 Å². The molecule has 4 aromatic carbocycles. The van der Waals surface area contributed by atoms with E-state index in [2.05, 4.69) is 171 Å². The molecule has 0 saturated carbocycles. The van der Waals surface area contributed by atoms with E-state index in [9.17, 15) is 0 Å². The molecule has 63 heavy (non-hydrogen) atoms. The first-order chi connectivity index (χ1) is 31.2. The molecular formula is C54H35N9. The summed E-state index contributed by atoms with van der Waals surface area (Å²) in [6.45, 7) is 0. The normalized spacial score (nSPS) is 14.2. The number of allylic oxidation sites excluding steroid dienone is 1. The van der Waals surface area contributed by atoms with Crippen LogP contribution in [-0.4, -0.2) is 44.3 Å². The summed E-state index contributed by atoms with van der Waals surface area (Å²) in [5.74, 6) is 1.63. The molecule has 8 aromatic heterocycles. The molecular weight excluding hydrogens is 775 g/mol. The Morgan fingerprint density at radius 1 is 0.413 bits per heavy atom. The SMILES string of the molecule is C1=CC(c2cc(-c3cccc(-n4c5ccccc5c5ncccc54)n3)cc(-c3cccc(-n4c5ccccc5c5ncccc54)n3)c2)=NC(n2c3ccccc3c3ncccc32)C1. The molecule has 0 spiro atoms. The first-order valence-electron chi connectivity index (χ1n) is 21.1. The van der Waals surface area contributed by atoms with Gasteiger partial charge in [-0.05, 0) is 103 Å². The van der Waals surface area contributed by atoms with Gasteiger partial charge in [0.2, 0.25) is 0 Å². The largest absolute Gasteiger partial charge is 0.316 e. The number of dihydropyridines is 1. The van der Waals surface area contributed by atoms with Gasteiger partial charge in [0.25, 0.3) is 0 Å². The summed E-state index contributed by atoms with van der Waals surface area (Å²) in [5.41, 5.74) is 14.6. The van der Waals surface area contributed by atoms with Crippen LogP contribution in [0.2, 0.25) is 0 Å². The van der Waals surface area contributed by atoms with Crippen molar-refractivity contribution < 1.29 is 0 Å². The van der Waals surface area contributed by atoms with Crippen LogP contribution in [0.5, 0.6) is 0 Å². The number of benzene rings is 4. The van der Waals surface area contributed by atoms with Crippen molar-refractivity contribution in [1.29, 1.82) is 0 Å². The first-order valence-corrected chi connectivity index (χ1v) is 21.1. The molecule has 0 fully saturated rings. The van der Waals surface area contributed by atoms with Gasteiger partial charge in [0.15, 0.2) is 0 Å². The lowest BCUT2D eigenvalue weighted by molar-refractivity contribution is 0.560. The van der Waals surface area contributed by atoms with Crippen LogP contribution in [0.25, 0.3) is 100.0 Å². The monoisotopic (exact) mass is 809 g/mol. The lowest BCUT2D eigenvalue weighted by Gasteiger charge is -2.21. The Morgan fingerprint density at radius 3 is 1.44 bits per heavy atom. The van der Waals surface area contributed by atoms with Crippen molar-refractivity contribution in [3.8, 4) is 34.2 Å². The smallest absolute Gasteiger partial charge is 0.138 e. The number of para-hydroxylation sites is 3. The summed E-state index contributed by atoms with van der Waals surface area (Å²) < 4.78 is 6.75. The number of aliphatic imine (C=N–C) groups is 1. The molecule has 1 aliphatic heterocycles. The van der Waals surface area contributed by atoms with Crippen LogP contribution in [0.15, 0.2) is 200 Å². The first kappa shape index (κ1) is 35.2. The highest BCUT2D eigenvalue weighted by molar-refractivity contribution is 6.11. The van der Waals surface area contributed by atoms with Crippen molar-refractivity contribution in [2.24, 2.45) is 4.99 Å². The van der Waals surface area contributed by atoms with Crippen molar-refractivity contribution >= 4 is 71.5 Å². The highest BCUT2D eigenvalue weighted by Gasteiger charge is 2.22. The predicted molar refractivity (Wildman–Crippen MR) is 254 cm³/mol. The Labute approximate surface area is 360 Å². The second kappa shape index (κ2) is 14.0. The number of aromatic nitrogens is 8. The van der Waals surface area contributed by atoms with Gasteiger partial charge in [0.1, 0.15) is 17.8 Å². The van der Waals surface area contributed by atoms with Gasteiger partial charge < -0.3 is 4.57 Å². The molecule has 9 heterocycles. The quantitative estimate of drug-likeness (QED) is 0.167. The van der Waals surface area contributed by atoms with E-state index >= 15 is 0 Å². The molecule has 0 amide bonds. The Morgan fingerprint density at radius 2 is 0.873 bits per heavy atom. The van der Waals surface area contributed by atoms with E-state index in [1.165, 1.54) is 0 Å². The maximum absolute atomic E-state index is 5.52. The fraction of sp³-hybridized carbons (Fsp3) is 0.0370. The zero-order chi connectivity index (χ0) is 41.4. The van der Waals surface area contributed by atoms with E-state index < -0.39 is 0 Å². The third-order valence-corrected chi connectivity index (χ3v) is 12.3. The van der Waals surface area contributed by atoms with Gasteiger partial charge in [-0.25, -0.2) is 9.97 Å². The predicted octanol–water partition coefficient (Wildman–Crippen LogP) is 12.2. The lowest BCUT2D eigenvalue weighted by Crippen LogP contribution is -2.13. The van der Waals surface area contributed by atoms with Crippen molar-refractivity contribution in [3.05, 3.63) is 200 Å². The fourth-order valence-corrected chi connectivity index (χ4v) is 9.57. The van der Waals surface area contributed by atoms with Gasteiger partial charge >= 0.3 is 0 Å². The maximum Gasteiger partial charge on any atom is 0.138 e. The van der Waals surface area contributed by atoms with Crippen molar-refractivity contribution in [2.75, 3.05) is 0 Å². The highest BCUT2D eigenvalue weighted by Crippen LogP contribution is 2.37. The lowest BCUT2D eigenvalue weighted by atomic mass is 9.97. The van der Waals surface area contributed by atoms with Crippen molar-refractivity contribution in [3.63, 3.8) is 0 Å². The number of fused-ring (bicyclic) bond motifs is 9. The van der Waals surface area contributed by atoms with Crippen molar-refractivity contribution in [2.45, 2.75) is 12.6 Å². The summed E-state index contributed by atoms with van der Waals surface area (Å²) in [6.07, 6.45) is 10.5. The van der Waals surface area contributed by atoms with Gasteiger partial charge in [0, 0.05) is 57.9 Å². The number of hydrogen-bond acceptors (Lipinski definition) is 6. The van der Waals surface area contributed by atoms with E-state index in [0.29, 0.717) is 0 Å². The second-order valence-corrected chi connectivity index (χ2v) is 15.9. The number of pyridine rings is 5. The molecule has 0 saturated heterocycles. The topological polar surface area (TPSA) is 91.6 Å². The summed E-state index contributed by atoms with van der Waals surface area (Å²) in [4.78, 5) is 30.7. The van der Waals surface area contributed by atoms with Crippen LogP contribution in [0.3, 0.4) is 0 Å². The molecule has 0 bridgehead atoms. The van der Waals surface area contributed by atoms with Crippen LogP contribution < -0.4 is 0 Å². The number of nitrogens with zero attached hydrogens (tertiary/aromatic N) is 9. The van der Waals surface area contributed by atoms with Gasteiger partial charge in [-0.15, -0.1) is 0 Å². The molecule has 1 atom stereocenters. The van der Waals surface area contributed by atoms with Crippen LogP contribution >= 0.6 is 0 Å². The minimum Gasteiger partial charge on any atom is -0.316 e. The minimum atomic E-state index is -0.167. The third kappa shape index (κ3) is 5.56. The summed E-state index contributed by atoms with van der Waals surface area (Å²) in [6, 6.07) is 56.7. The number of rotatable bonds is 6. The van der Waals surface area contributed by atoms with Crippen molar-refractivity contribution in [1.82, 2.24) is 38.6 Å². The molecule has 0 aliphatic carbocycles. The summed E-state index contributed by atoms with van der Waals surface area (Å²) in [5, 5.41) is 3.30. The van der Waals surface area contributed by atoms with E-state index in [1.54, 1.807) is 0 Å². The highest BCUT2D eigenvalue weighted by atomic mass is 15.1. The molecule has 296 valence electrons. The van der Waals surface area contributed by atoms with Gasteiger partial charge in [-0.3, -0.25) is 29.1 Å². The van der Waals surface area contributed by atoms with E-state index in [1.807, 2.05) is 36.8 Å². The molecule has 0 N–H and O–H groups in total. The Kier molecular flexibility index (Phi) is 7.83. The van der Waals surface area contributed by atoms with E-state index in [0.717, 1.165) is 118 Å². The van der Waals surface area contributed by atoms with E-state index in [4.69, 9.17) is 29.9 Å². The van der Waals surface area contributed by atoms with Gasteiger partial charge in [0.05, 0.1) is 66.7 Å². The average Bonchev–Trinajstić information content (AvgIpc) is 4.00. The zero-order valence-electron chi connectivity index (χ0n) is 33.8. The standard InChI is InChI=1S/C54H35N9/c1-4-19-43-37(13-1)52-46(22-10-28-55-52)61(43)49-25-7-16-40(58-49)34-31-35(41-17-8-26-50(59-41)62-44-20-5-2-14-38(44)53-47(62)23-11-29-56-53)33-36(32-34)42-18-9-27-51(60-42)63-45-21-6-3-15-39(45)54-48(63)24-12-30-57-54/h1-26,28-33,51H,27H2. The maximum atomic E-state index is 5.52. The molecule has 12 aromatic rings. The van der Waals surface area contributed by atoms with Gasteiger partial charge in [-0.2, -0.15) is 0 Å². The molecule has 9 heteroatoms. The minimum absolute atomic E-state index is 0.167. The second-order valence-electron chi connectivity index (χ2n) is 15.9. The molecule has 13 rings (SSSR count). The zero-order valence-corrected chi connectivity index (χ0v) is 33.8. The Bertz CT molecular complexity index is 3530. The number of hydrogen-bond donors (Lipinski definition) is 0. The molecule has 1 unspecified atom stereocenters. The average molecular weight is 810 g/mol. The van der Waals surface area contributed by atoms with Crippen LogP contribution in [0.4, 0.5) is 0 Å². The summed E-state index contributed by atoms with van der Waals surface area (Å²) in [7, 11) is 0. The van der Waals surface area contributed by atoms with Crippen LogP contribution in [0, 0.1) is 0 Å².